The molecule has 7 heteroatoms. The molecule has 2 N–H and O–H groups in total. The standard InChI is InChI=1S/C9H16N4O2S/c1-12(2)7-5-13-9(15-6-7)8(4-11-13)16(3,10)14/h4,7H,3,5-6H2,1-2H3,(H2,10,14). The van der Waals surface area contributed by atoms with Crippen LogP contribution in [0.3, 0.4) is 0 Å². The molecule has 1 aromatic rings. The summed E-state index contributed by atoms with van der Waals surface area (Å²) in [6.07, 6.45) is 1.47. The summed E-state index contributed by atoms with van der Waals surface area (Å²) in [4.78, 5) is 2.46. The first-order valence-corrected chi connectivity index (χ1v) is 6.68. The number of rotatable bonds is 2. The van der Waals surface area contributed by atoms with Crippen molar-refractivity contribution in [1.29, 1.82) is 0 Å². The lowest BCUT2D eigenvalue weighted by Gasteiger charge is -2.29. The Balaban J connectivity index is 2.34. The van der Waals surface area contributed by atoms with Crippen LogP contribution < -0.4 is 9.88 Å². The number of aromatic nitrogens is 2. The van der Waals surface area contributed by atoms with Crippen LogP contribution in [0.5, 0.6) is 5.88 Å². The van der Waals surface area contributed by atoms with Crippen molar-refractivity contribution >= 4 is 15.6 Å². The third-order valence-corrected chi connectivity index (χ3v) is 3.68. The monoisotopic (exact) mass is 244 g/mol. The fourth-order valence-electron chi connectivity index (χ4n) is 1.61. The average molecular weight is 244 g/mol. The van der Waals surface area contributed by atoms with Crippen LogP contribution in [0.2, 0.25) is 0 Å². The molecule has 0 bridgehead atoms. The molecule has 1 aromatic heterocycles. The Morgan fingerprint density at radius 2 is 2.44 bits per heavy atom. The van der Waals surface area contributed by atoms with Gasteiger partial charge in [-0.3, -0.25) is 5.14 Å². The van der Waals surface area contributed by atoms with Crippen LogP contribution in [0.4, 0.5) is 0 Å². The number of ether oxygens (including phenoxy) is 1. The number of nitrogens with zero attached hydrogens (tertiary/aromatic N) is 3. The van der Waals surface area contributed by atoms with Gasteiger partial charge in [0.15, 0.2) is 0 Å². The van der Waals surface area contributed by atoms with Gasteiger partial charge >= 0.3 is 0 Å². The molecule has 0 amide bonds. The molecule has 16 heavy (non-hydrogen) atoms. The summed E-state index contributed by atoms with van der Waals surface area (Å²) in [7, 11) is 1.21. The molecular weight excluding hydrogens is 228 g/mol. The molecular formula is C9H16N4O2S. The predicted octanol–water partition coefficient (Wildman–Crippen LogP) is -0.845. The van der Waals surface area contributed by atoms with E-state index in [9.17, 15) is 4.21 Å². The van der Waals surface area contributed by atoms with Gasteiger partial charge in [-0.15, -0.1) is 0 Å². The summed E-state index contributed by atoms with van der Waals surface area (Å²) in [5.74, 6) is 3.92. The zero-order valence-corrected chi connectivity index (χ0v) is 10.2. The summed E-state index contributed by atoms with van der Waals surface area (Å²) in [5, 5.41) is 9.61. The SMILES string of the molecule is C=S(N)(=O)c1cnn2c1OCC(N(C)C)C2. The second-order valence-electron chi connectivity index (χ2n) is 4.15. The smallest absolute Gasteiger partial charge is 0.229 e. The molecule has 0 saturated heterocycles. The van der Waals surface area contributed by atoms with E-state index in [2.05, 4.69) is 15.9 Å². The topological polar surface area (TPSA) is 73.4 Å². The van der Waals surface area contributed by atoms with Crippen molar-refractivity contribution in [2.75, 3.05) is 20.7 Å². The Bertz CT molecular complexity index is 492. The maximum Gasteiger partial charge on any atom is 0.229 e. The number of fused-ring (bicyclic) bond motifs is 1. The molecule has 1 aliphatic heterocycles. The molecule has 2 unspecified atom stereocenters. The molecule has 0 fully saturated rings. The number of likely N-dealkylation sites (N-methyl/N-ethyl adjacent to an activating group) is 1. The van der Waals surface area contributed by atoms with Crippen LogP contribution >= 0.6 is 0 Å². The molecule has 0 aliphatic carbocycles. The molecule has 90 valence electrons. The van der Waals surface area contributed by atoms with Crippen molar-refractivity contribution in [3.63, 3.8) is 0 Å². The minimum atomic E-state index is -2.76. The minimum Gasteiger partial charge on any atom is -0.475 e. The first-order chi connectivity index (χ1) is 7.39. The highest BCUT2D eigenvalue weighted by Crippen LogP contribution is 2.26. The van der Waals surface area contributed by atoms with Crippen LogP contribution in [0, 0.1) is 0 Å². The Labute approximate surface area is 95.1 Å². The molecule has 2 atom stereocenters. The summed E-state index contributed by atoms with van der Waals surface area (Å²) >= 11 is 0. The lowest BCUT2D eigenvalue weighted by molar-refractivity contribution is 0.117. The zero-order chi connectivity index (χ0) is 11.9. The lowest BCUT2D eigenvalue weighted by Crippen LogP contribution is -2.41. The normalized spacial score (nSPS) is 23.6. The third-order valence-electron chi connectivity index (χ3n) is 2.66. The molecule has 0 saturated carbocycles. The fraction of sp³-hybridized carbons (Fsp3) is 0.556. The van der Waals surface area contributed by atoms with Crippen LogP contribution in [0.15, 0.2) is 11.1 Å². The van der Waals surface area contributed by atoms with Crippen molar-refractivity contribution in [2.24, 2.45) is 5.14 Å². The van der Waals surface area contributed by atoms with E-state index in [1.165, 1.54) is 6.20 Å². The van der Waals surface area contributed by atoms with Gasteiger partial charge in [-0.05, 0) is 20.0 Å². The van der Waals surface area contributed by atoms with Crippen LogP contribution in [0.1, 0.15) is 0 Å². The molecule has 2 heterocycles. The highest BCUT2D eigenvalue weighted by Gasteiger charge is 2.26. The largest absolute Gasteiger partial charge is 0.475 e. The van der Waals surface area contributed by atoms with E-state index >= 15 is 0 Å². The molecule has 1 aliphatic rings. The maximum absolute atomic E-state index is 11.7. The van der Waals surface area contributed by atoms with Gasteiger partial charge in [0.05, 0.1) is 28.5 Å². The quantitative estimate of drug-likeness (QED) is 0.688. The highest BCUT2D eigenvalue weighted by atomic mass is 32.2. The second kappa shape index (κ2) is 3.76. The van der Waals surface area contributed by atoms with Crippen molar-refractivity contribution in [1.82, 2.24) is 14.7 Å². The van der Waals surface area contributed by atoms with Crippen molar-refractivity contribution in [3.05, 3.63) is 6.20 Å². The first-order valence-electron chi connectivity index (χ1n) is 4.89. The van der Waals surface area contributed by atoms with Crippen LogP contribution in [-0.4, -0.2) is 51.5 Å². The van der Waals surface area contributed by atoms with Gasteiger partial charge in [0.1, 0.15) is 11.5 Å². The number of nitrogens with two attached hydrogens (primary N) is 1. The average Bonchev–Trinajstić information content (AvgIpc) is 2.58. The van der Waals surface area contributed by atoms with Crippen LogP contribution in [0.25, 0.3) is 0 Å². The van der Waals surface area contributed by atoms with Gasteiger partial charge in [-0.2, -0.15) is 5.10 Å². The highest BCUT2D eigenvalue weighted by molar-refractivity contribution is 7.98. The van der Waals surface area contributed by atoms with E-state index < -0.39 is 9.71 Å². The van der Waals surface area contributed by atoms with E-state index in [4.69, 9.17) is 9.88 Å². The minimum absolute atomic E-state index is 0.263. The fourth-order valence-corrected chi connectivity index (χ4v) is 2.29. The van der Waals surface area contributed by atoms with Gasteiger partial charge in [-0.1, -0.05) is 0 Å². The number of hydrogen-bond donors (Lipinski definition) is 1. The Morgan fingerprint density at radius 3 is 3.00 bits per heavy atom. The molecule has 0 aromatic carbocycles. The van der Waals surface area contributed by atoms with Gasteiger partial charge in [0, 0.05) is 0 Å². The van der Waals surface area contributed by atoms with Gasteiger partial charge < -0.3 is 9.64 Å². The second-order valence-corrected chi connectivity index (χ2v) is 6.04. The van der Waals surface area contributed by atoms with E-state index in [1.807, 2.05) is 14.1 Å². The predicted molar refractivity (Wildman–Crippen MR) is 62.9 cm³/mol. The molecule has 2 rings (SSSR count). The van der Waals surface area contributed by atoms with E-state index in [1.54, 1.807) is 4.68 Å². The van der Waals surface area contributed by atoms with Gasteiger partial charge in [-0.25, -0.2) is 8.89 Å². The Hall–Kier alpha value is -1.05. The van der Waals surface area contributed by atoms with Gasteiger partial charge in [0.25, 0.3) is 0 Å². The maximum atomic E-state index is 11.7. The van der Waals surface area contributed by atoms with Crippen molar-refractivity contribution in [2.45, 2.75) is 17.5 Å². The Morgan fingerprint density at radius 1 is 1.75 bits per heavy atom. The number of hydrogen-bond acceptors (Lipinski definition) is 4. The van der Waals surface area contributed by atoms with Gasteiger partial charge in [0.2, 0.25) is 5.88 Å². The van der Waals surface area contributed by atoms with Crippen LogP contribution in [-0.2, 0) is 16.3 Å². The summed E-state index contributed by atoms with van der Waals surface area (Å²) in [6.45, 7) is 1.25. The summed E-state index contributed by atoms with van der Waals surface area (Å²) < 4.78 is 18.9. The first kappa shape index (κ1) is 11.4. The van der Waals surface area contributed by atoms with Crippen molar-refractivity contribution in [3.8, 4) is 5.88 Å². The van der Waals surface area contributed by atoms with E-state index in [0.717, 1.165) is 0 Å². The van der Waals surface area contributed by atoms with Crippen molar-refractivity contribution < 1.29 is 8.95 Å². The van der Waals surface area contributed by atoms with E-state index in [-0.39, 0.29) is 6.04 Å². The summed E-state index contributed by atoms with van der Waals surface area (Å²) in [6, 6.07) is 0.263. The Kier molecular flexibility index (Phi) is 2.69. The molecule has 0 radical (unpaired) electrons. The molecule has 0 spiro atoms. The zero-order valence-electron chi connectivity index (χ0n) is 9.42. The molecule has 6 nitrogen and oxygen atoms in total. The third kappa shape index (κ3) is 1.93. The van der Waals surface area contributed by atoms with E-state index in [0.29, 0.717) is 23.9 Å². The lowest BCUT2D eigenvalue weighted by atomic mass is 10.3. The summed E-state index contributed by atoms with van der Waals surface area (Å²) in [5.41, 5.74) is 0.